The molecular weight excluding hydrogens is 333 g/mol. The summed E-state index contributed by atoms with van der Waals surface area (Å²) in [7, 11) is 1.02. The molecule has 1 N–H and O–H groups in total. The number of nitro groups is 1. The third-order valence-electron chi connectivity index (χ3n) is 3.54. The van der Waals surface area contributed by atoms with Crippen LogP contribution in [0.4, 0.5) is 13.2 Å². The van der Waals surface area contributed by atoms with Crippen molar-refractivity contribution in [3.8, 4) is 5.75 Å². The number of methoxy groups -OCH3 is 1. The SMILES string of the molecule is COC(=O)C(C)(Cc1c[nH]c2ccc(OC(F)(F)F)cc12)[N+](=O)[O-]. The van der Waals surface area contributed by atoms with Crippen LogP contribution in [0.1, 0.15) is 12.5 Å². The van der Waals surface area contributed by atoms with E-state index in [2.05, 4.69) is 14.5 Å². The second kappa shape index (κ2) is 6.02. The van der Waals surface area contributed by atoms with E-state index in [1.54, 1.807) is 0 Å². The molecule has 0 aliphatic carbocycles. The molecule has 0 saturated carbocycles. The Bertz CT molecular complexity index is 786. The predicted octanol–water partition coefficient (Wildman–Crippen LogP) is 2.82. The van der Waals surface area contributed by atoms with Crippen LogP contribution in [0.25, 0.3) is 10.9 Å². The van der Waals surface area contributed by atoms with E-state index in [9.17, 15) is 28.1 Å². The van der Waals surface area contributed by atoms with Gasteiger partial charge in [0.15, 0.2) is 0 Å². The zero-order valence-corrected chi connectivity index (χ0v) is 12.6. The summed E-state index contributed by atoms with van der Waals surface area (Å²) in [6, 6.07) is 3.57. The summed E-state index contributed by atoms with van der Waals surface area (Å²) in [5, 5.41) is 11.5. The highest BCUT2D eigenvalue weighted by Gasteiger charge is 2.47. The van der Waals surface area contributed by atoms with Crippen LogP contribution in [-0.2, 0) is 16.0 Å². The Labute approximate surface area is 133 Å². The van der Waals surface area contributed by atoms with Crippen molar-refractivity contribution in [3.05, 3.63) is 40.1 Å². The zero-order valence-electron chi connectivity index (χ0n) is 12.6. The van der Waals surface area contributed by atoms with E-state index in [1.165, 1.54) is 12.3 Å². The highest BCUT2D eigenvalue weighted by Crippen LogP contribution is 2.30. The molecule has 0 spiro atoms. The second-order valence-electron chi connectivity index (χ2n) is 5.27. The lowest BCUT2D eigenvalue weighted by Gasteiger charge is -2.17. The number of hydrogen-bond acceptors (Lipinski definition) is 5. The van der Waals surface area contributed by atoms with Crippen LogP contribution in [0.3, 0.4) is 0 Å². The highest BCUT2D eigenvalue weighted by molar-refractivity contribution is 5.86. The van der Waals surface area contributed by atoms with Gasteiger partial charge in [0.2, 0.25) is 0 Å². The number of hydrogen-bond donors (Lipinski definition) is 1. The van der Waals surface area contributed by atoms with Gasteiger partial charge in [-0.25, -0.2) is 4.79 Å². The molecule has 1 unspecified atom stereocenters. The Morgan fingerprint density at radius 3 is 2.58 bits per heavy atom. The Kier molecular flexibility index (Phi) is 4.41. The number of carbonyl (C=O) groups is 1. The molecule has 24 heavy (non-hydrogen) atoms. The molecule has 0 saturated heterocycles. The molecule has 1 heterocycles. The smallest absolute Gasteiger partial charge is 0.464 e. The van der Waals surface area contributed by atoms with Crippen molar-refractivity contribution in [1.82, 2.24) is 4.98 Å². The summed E-state index contributed by atoms with van der Waals surface area (Å²) in [5.41, 5.74) is -1.32. The van der Waals surface area contributed by atoms with Crippen molar-refractivity contribution in [2.24, 2.45) is 0 Å². The van der Waals surface area contributed by atoms with Gasteiger partial charge >= 0.3 is 17.9 Å². The Morgan fingerprint density at radius 2 is 2.04 bits per heavy atom. The van der Waals surface area contributed by atoms with Crippen LogP contribution in [0.2, 0.25) is 0 Å². The standard InChI is InChI=1S/C14H13F3N2O5/c1-13(19(21)22,12(20)23-2)6-8-7-18-11-4-3-9(5-10(8)11)24-14(15,16)17/h3-5,7,18H,6H2,1-2H3. The fourth-order valence-corrected chi connectivity index (χ4v) is 2.30. The summed E-state index contributed by atoms with van der Waals surface area (Å²) in [5.74, 6) is -1.51. The lowest BCUT2D eigenvalue weighted by molar-refractivity contribution is -0.550. The Balaban J connectivity index is 2.43. The first-order chi connectivity index (χ1) is 11.1. The molecular formula is C14H13F3N2O5. The van der Waals surface area contributed by atoms with E-state index in [1.807, 2.05) is 0 Å². The molecule has 0 fully saturated rings. The van der Waals surface area contributed by atoms with E-state index in [-0.39, 0.29) is 11.8 Å². The number of ether oxygens (including phenoxy) is 2. The number of H-pyrrole nitrogens is 1. The predicted molar refractivity (Wildman–Crippen MR) is 76.1 cm³/mol. The van der Waals surface area contributed by atoms with Crippen molar-refractivity contribution in [2.45, 2.75) is 25.2 Å². The van der Waals surface area contributed by atoms with Crippen LogP contribution < -0.4 is 4.74 Å². The monoisotopic (exact) mass is 346 g/mol. The number of rotatable bonds is 5. The maximum absolute atomic E-state index is 12.3. The number of alkyl halides is 3. The first-order valence-corrected chi connectivity index (χ1v) is 6.65. The number of fused-ring (bicyclic) bond motifs is 1. The molecule has 0 radical (unpaired) electrons. The Hall–Kier alpha value is -2.78. The summed E-state index contributed by atoms with van der Waals surface area (Å²) in [6.45, 7) is 1.09. The molecule has 7 nitrogen and oxygen atoms in total. The second-order valence-corrected chi connectivity index (χ2v) is 5.27. The fraction of sp³-hybridized carbons (Fsp3) is 0.357. The summed E-state index contributed by atoms with van der Waals surface area (Å²) in [6.07, 6.45) is -3.82. The molecule has 2 aromatic rings. The quantitative estimate of drug-likeness (QED) is 0.510. The number of nitrogens with one attached hydrogen (secondary N) is 1. The summed E-state index contributed by atoms with van der Waals surface area (Å²) in [4.78, 5) is 25.0. The van der Waals surface area contributed by atoms with E-state index >= 15 is 0 Å². The van der Waals surface area contributed by atoms with E-state index in [0.717, 1.165) is 26.2 Å². The highest BCUT2D eigenvalue weighted by atomic mass is 19.4. The lowest BCUT2D eigenvalue weighted by Crippen LogP contribution is -2.46. The molecule has 0 aliphatic rings. The fourth-order valence-electron chi connectivity index (χ4n) is 2.30. The summed E-state index contributed by atoms with van der Waals surface area (Å²) < 4.78 is 45.3. The third-order valence-corrected chi connectivity index (χ3v) is 3.54. The number of carbonyl (C=O) groups excluding carboxylic acids is 1. The van der Waals surface area contributed by atoms with Gasteiger partial charge in [-0.3, -0.25) is 10.1 Å². The molecule has 1 atom stereocenters. The molecule has 2 rings (SSSR count). The lowest BCUT2D eigenvalue weighted by atomic mass is 9.93. The van der Waals surface area contributed by atoms with Crippen LogP contribution in [0.5, 0.6) is 5.75 Å². The van der Waals surface area contributed by atoms with Gasteiger partial charge in [-0.1, -0.05) is 0 Å². The molecule has 130 valence electrons. The Morgan fingerprint density at radius 1 is 1.38 bits per heavy atom. The minimum atomic E-state index is -4.86. The van der Waals surface area contributed by atoms with Crippen molar-refractivity contribution in [1.29, 1.82) is 0 Å². The van der Waals surface area contributed by atoms with Gasteiger partial charge in [-0.15, -0.1) is 13.2 Å². The maximum Gasteiger partial charge on any atom is 0.573 e. The van der Waals surface area contributed by atoms with Gasteiger partial charge in [0.05, 0.1) is 13.5 Å². The number of aromatic nitrogens is 1. The number of esters is 1. The first-order valence-electron chi connectivity index (χ1n) is 6.65. The van der Waals surface area contributed by atoms with Crippen LogP contribution in [-0.4, -0.2) is 34.9 Å². The van der Waals surface area contributed by atoms with Crippen LogP contribution in [0, 0.1) is 10.1 Å². The van der Waals surface area contributed by atoms with Crippen molar-refractivity contribution in [2.75, 3.05) is 7.11 Å². The topological polar surface area (TPSA) is 94.5 Å². The van der Waals surface area contributed by atoms with E-state index in [0.29, 0.717) is 11.1 Å². The molecule has 0 aliphatic heterocycles. The largest absolute Gasteiger partial charge is 0.573 e. The molecule has 0 bridgehead atoms. The van der Waals surface area contributed by atoms with Gasteiger partial charge in [0, 0.05) is 28.9 Å². The molecule has 10 heteroatoms. The van der Waals surface area contributed by atoms with Gasteiger partial charge in [0.1, 0.15) is 5.75 Å². The minimum Gasteiger partial charge on any atom is -0.464 e. The molecule has 1 aromatic heterocycles. The van der Waals surface area contributed by atoms with Crippen molar-refractivity contribution >= 4 is 16.9 Å². The van der Waals surface area contributed by atoms with E-state index < -0.39 is 28.5 Å². The first kappa shape index (κ1) is 17.6. The normalized spacial score (nSPS) is 14.2. The van der Waals surface area contributed by atoms with Crippen molar-refractivity contribution < 1.29 is 32.4 Å². The number of nitrogens with zero attached hydrogens (tertiary/aromatic N) is 1. The minimum absolute atomic E-state index is 0.286. The number of aromatic amines is 1. The average Bonchev–Trinajstić information content (AvgIpc) is 2.86. The van der Waals surface area contributed by atoms with Crippen LogP contribution >= 0.6 is 0 Å². The van der Waals surface area contributed by atoms with Gasteiger partial charge in [-0.05, 0) is 23.8 Å². The molecule has 1 aromatic carbocycles. The van der Waals surface area contributed by atoms with Crippen molar-refractivity contribution in [3.63, 3.8) is 0 Å². The molecule has 0 amide bonds. The van der Waals surface area contributed by atoms with Crippen LogP contribution in [0.15, 0.2) is 24.4 Å². The number of benzene rings is 1. The maximum atomic E-state index is 12.3. The average molecular weight is 346 g/mol. The van der Waals surface area contributed by atoms with Gasteiger partial charge < -0.3 is 14.5 Å². The van der Waals surface area contributed by atoms with Gasteiger partial charge in [0.25, 0.3) is 0 Å². The summed E-state index contributed by atoms with van der Waals surface area (Å²) >= 11 is 0. The zero-order chi connectivity index (χ0) is 18.1. The van der Waals surface area contributed by atoms with E-state index in [4.69, 9.17) is 0 Å². The van der Waals surface area contributed by atoms with Gasteiger partial charge in [-0.2, -0.15) is 0 Å². The number of halogens is 3. The third kappa shape index (κ3) is 3.42.